The van der Waals surface area contributed by atoms with Gasteiger partial charge in [0.25, 0.3) is 0 Å². The molecule has 0 saturated carbocycles. The van der Waals surface area contributed by atoms with Gasteiger partial charge in [0.1, 0.15) is 0 Å². The molecule has 0 aromatic heterocycles. The van der Waals surface area contributed by atoms with Crippen LogP contribution in [0.5, 0.6) is 0 Å². The molecule has 0 aromatic rings. The molecule has 0 bridgehead atoms. The van der Waals surface area contributed by atoms with Crippen molar-refractivity contribution in [2.45, 2.75) is 0 Å². The second-order valence-corrected chi connectivity index (χ2v) is 0.428. The molecule has 0 rings (SSSR count). The minimum atomic E-state index is 0. The van der Waals surface area contributed by atoms with E-state index in [9.17, 15) is 0 Å². The van der Waals surface area contributed by atoms with E-state index in [0.717, 1.165) is 0 Å². The first-order valence-corrected chi connectivity index (χ1v) is 1.07. The topological polar surface area (TPSA) is 26.0 Å². The third-order valence-corrected chi connectivity index (χ3v) is 0.136. The molecule has 32 valence electrons. The molecule has 0 aliphatic rings. The average molecular weight is 160 g/mol. The van der Waals surface area contributed by atoms with Crippen LogP contribution >= 0.6 is 0 Å². The predicted molar refractivity (Wildman–Crippen MR) is 24.4 cm³/mol. The fourth-order valence-corrected chi connectivity index (χ4v) is 0. The maximum absolute atomic E-state index is 4.78. The zero-order chi connectivity index (χ0) is 3.41. The molecule has 0 fully saturated rings. The number of hydrogen-bond acceptors (Lipinski definition) is 1. The van der Waals surface area contributed by atoms with Crippen LogP contribution in [0.1, 0.15) is 0 Å². The van der Waals surface area contributed by atoms with Gasteiger partial charge in [0, 0.05) is 0 Å². The first-order chi connectivity index (χ1) is 1.91. The van der Waals surface area contributed by atoms with Crippen molar-refractivity contribution in [3.63, 3.8) is 0 Å². The molecule has 2 N–H and O–H groups in total. The van der Waals surface area contributed by atoms with Gasteiger partial charge >= 0.3 is 23.1 Å². The van der Waals surface area contributed by atoms with Gasteiger partial charge in [-0.25, -0.2) is 12.7 Å². The van der Waals surface area contributed by atoms with Gasteiger partial charge in [0.15, 0.2) is 0 Å². The summed E-state index contributed by atoms with van der Waals surface area (Å²) < 4.78 is 0. The molecule has 0 aliphatic heterocycles. The first-order valence-electron chi connectivity index (χ1n) is 1.07. The number of hydrogen-bond donors (Lipinski definition) is 1. The van der Waals surface area contributed by atoms with E-state index in [1.54, 1.807) is 0 Å². The van der Waals surface area contributed by atoms with Gasteiger partial charge in [-0.15, -0.1) is 0 Å². The third-order valence-electron chi connectivity index (χ3n) is 0.136. The molecule has 0 radical (unpaired) electrons. The van der Waals surface area contributed by atoms with Crippen LogP contribution in [0.2, 0.25) is 0 Å². The van der Waals surface area contributed by atoms with E-state index >= 15 is 0 Å². The number of nitrogens with two attached hydrogens (primary N) is 1. The van der Waals surface area contributed by atoms with Gasteiger partial charge in [0.05, 0.1) is 0 Å². The maximum Gasteiger partial charge on any atom is 2.00 e. The monoisotopic (exact) mass is 159 g/mol. The molecule has 3 heteroatoms. The maximum atomic E-state index is 4.78. The van der Waals surface area contributed by atoms with Crippen molar-refractivity contribution in [2.75, 3.05) is 0 Å². The normalized spacial score (nSPS) is 3.50. The van der Waals surface area contributed by atoms with Crippen LogP contribution in [-0.2, 0) is 0 Å². The predicted octanol–water partition coefficient (Wildman–Crippen LogP) is -3.08. The molecule has 0 aromatic carbocycles. The summed E-state index contributed by atoms with van der Waals surface area (Å²) in [4.78, 5) is 0. The van der Waals surface area contributed by atoms with Crippen molar-refractivity contribution in [3.8, 4) is 0 Å². The van der Waals surface area contributed by atoms with Crippen molar-refractivity contribution >= 4 is 23.1 Å². The Balaban J connectivity index is -0.0000000450. The summed E-state index contributed by atoms with van der Waals surface area (Å²) in [7, 11) is 0. The molecule has 0 spiro atoms. The van der Waals surface area contributed by atoms with E-state index < -0.39 is 0 Å². The van der Waals surface area contributed by atoms with E-state index in [2.05, 4.69) is 6.58 Å². The van der Waals surface area contributed by atoms with Crippen LogP contribution in [0.4, 0.5) is 0 Å². The third kappa shape index (κ3) is 21.3. The fraction of sp³-hybridized carbons (Fsp3) is 0. The summed E-state index contributed by atoms with van der Waals surface area (Å²) in [5, 5.41) is 0. The molecule has 0 saturated heterocycles. The van der Waals surface area contributed by atoms with Crippen molar-refractivity contribution in [3.05, 3.63) is 19.2 Å². The second-order valence-electron chi connectivity index (χ2n) is 0.428. The summed E-state index contributed by atoms with van der Waals surface area (Å²) >= 11 is 0. The van der Waals surface area contributed by atoms with Gasteiger partial charge in [-0.05, 0) is 0 Å². The summed E-state index contributed by atoms with van der Waals surface area (Å²) in [5.74, 6) is 0. The Morgan fingerprint density at radius 3 is 1.83 bits per heavy atom. The van der Waals surface area contributed by atoms with Gasteiger partial charge in [-0.3, -0.25) is 0 Å². The van der Waals surface area contributed by atoms with Crippen LogP contribution in [-0.4, -0.2) is 23.1 Å². The van der Waals surface area contributed by atoms with E-state index in [1.807, 2.05) is 0 Å². The SMILES string of the molecule is C=C[CH-]N.[Br-].[Mg+2]. The van der Waals surface area contributed by atoms with Crippen molar-refractivity contribution < 1.29 is 17.0 Å². The Hall–Kier alpha value is 0.816. The van der Waals surface area contributed by atoms with E-state index in [-0.39, 0.29) is 40.0 Å². The first kappa shape index (κ1) is 15.8. The van der Waals surface area contributed by atoms with E-state index in [1.165, 1.54) is 12.6 Å². The average Bonchev–Trinajstić information content (AvgIpc) is 1.37. The Morgan fingerprint density at radius 2 is 1.83 bits per heavy atom. The van der Waals surface area contributed by atoms with E-state index in [0.29, 0.717) is 0 Å². The molecule has 0 heterocycles. The van der Waals surface area contributed by atoms with Crippen LogP contribution in [0.3, 0.4) is 0 Å². The molecule has 0 amide bonds. The Kier molecular flexibility index (Phi) is 44.9. The number of halogens is 1. The largest absolute Gasteiger partial charge is 2.00 e. The zero-order valence-corrected chi connectivity index (χ0v) is 6.52. The molecule has 1 nitrogen and oxygen atoms in total. The molecular formula is C3H6BrMgN. The van der Waals surface area contributed by atoms with Crippen molar-refractivity contribution in [2.24, 2.45) is 5.73 Å². The molecular weight excluding hydrogens is 154 g/mol. The summed E-state index contributed by atoms with van der Waals surface area (Å²) in [5.41, 5.74) is 4.78. The number of rotatable bonds is 1. The van der Waals surface area contributed by atoms with Crippen LogP contribution in [0, 0.1) is 6.54 Å². The zero-order valence-electron chi connectivity index (χ0n) is 3.52. The van der Waals surface area contributed by atoms with Crippen molar-refractivity contribution in [1.82, 2.24) is 0 Å². The summed E-state index contributed by atoms with van der Waals surface area (Å²) in [6, 6.07) is 0. The minimum absolute atomic E-state index is 0. The molecule has 0 atom stereocenters. The van der Waals surface area contributed by atoms with Crippen LogP contribution < -0.4 is 22.7 Å². The van der Waals surface area contributed by atoms with Crippen LogP contribution in [0.25, 0.3) is 0 Å². The quantitative estimate of drug-likeness (QED) is 0.319. The molecule has 0 aliphatic carbocycles. The van der Waals surface area contributed by atoms with Gasteiger partial charge < -0.3 is 22.7 Å². The van der Waals surface area contributed by atoms with E-state index in [4.69, 9.17) is 5.73 Å². The van der Waals surface area contributed by atoms with Crippen molar-refractivity contribution in [1.29, 1.82) is 0 Å². The smallest absolute Gasteiger partial charge is 1.00 e. The van der Waals surface area contributed by atoms with Gasteiger partial charge in [0.2, 0.25) is 0 Å². The fourth-order valence-electron chi connectivity index (χ4n) is 0. The Labute approximate surface area is 64.9 Å². The Morgan fingerprint density at radius 1 is 1.67 bits per heavy atom. The molecule has 6 heavy (non-hydrogen) atoms. The van der Waals surface area contributed by atoms with Crippen LogP contribution in [0.15, 0.2) is 12.7 Å². The van der Waals surface area contributed by atoms with Gasteiger partial charge in [-0.2, -0.15) is 6.54 Å². The molecule has 0 unspecified atom stereocenters. The standard InChI is InChI=1S/C3H6N.BrH.Mg/c1-2-3-4;;/h2-3H,1,4H2;1H;/q-1;;+2/p-1. The Bertz CT molecular complexity index is 24.8. The van der Waals surface area contributed by atoms with Gasteiger partial charge in [-0.1, -0.05) is 0 Å². The summed E-state index contributed by atoms with van der Waals surface area (Å²) in [6.45, 7) is 4.69. The second kappa shape index (κ2) is 17.0. The summed E-state index contributed by atoms with van der Waals surface area (Å²) in [6.07, 6.45) is 1.53. The minimum Gasteiger partial charge on any atom is -1.00 e.